The lowest BCUT2D eigenvalue weighted by Gasteiger charge is -2.36. The van der Waals surface area contributed by atoms with Crippen LogP contribution in [0.2, 0.25) is 0 Å². The lowest BCUT2D eigenvalue weighted by molar-refractivity contribution is -0.167. The third kappa shape index (κ3) is 5.15. The molecular weight excluding hydrogens is 354 g/mol. The van der Waals surface area contributed by atoms with E-state index in [0.717, 1.165) is 29.3 Å². The summed E-state index contributed by atoms with van der Waals surface area (Å²) in [4.78, 5) is 27.4. The van der Waals surface area contributed by atoms with Crippen LogP contribution in [0.4, 0.5) is 0 Å². The molecule has 28 heavy (non-hydrogen) atoms. The summed E-state index contributed by atoms with van der Waals surface area (Å²) in [6, 6.07) is 7.98. The van der Waals surface area contributed by atoms with Gasteiger partial charge in [0.2, 0.25) is 0 Å². The number of hydrogen-bond donors (Lipinski definition) is 1. The van der Waals surface area contributed by atoms with Crippen molar-refractivity contribution in [1.29, 1.82) is 0 Å². The Labute approximate surface area is 166 Å². The van der Waals surface area contributed by atoms with Gasteiger partial charge in [-0.1, -0.05) is 45.4 Å². The molecule has 0 amide bonds. The molecule has 3 atom stereocenters. The molecule has 1 heterocycles. The van der Waals surface area contributed by atoms with Gasteiger partial charge in [0.15, 0.2) is 6.61 Å². The van der Waals surface area contributed by atoms with E-state index in [1.807, 2.05) is 30.5 Å². The summed E-state index contributed by atoms with van der Waals surface area (Å²) in [7, 11) is 0. The van der Waals surface area contributed by atoms with Gasteiger partial charge in [0.25, 0.3) is 0 Å². The summed E-state index contributed by atoms with van der Waals surface area (Å²) >= 11 is 0. The highest BCUT2D eigenvalue weighted by Crippen LogP contribution is 2.35. The molecule has 1 aliphatic rings. The number of aryl methyl sites for hydroxylation is 1. The third-order valence-corrected chi connectivity index (χ3v) is 5.87. The highest BCUT2D eigenvalue weighted by molar-refractivity contribution is 5.84. The fourth-order valence-electron chi connectivity index (χ4n) is 4.24. The molecule has 0 spiro atoms. The summed E-state index contributed by atoms with van der Waals surface area (Å²) in [6.45, 7) is 6.24. The van der Waals surface area contributed by atoms with Crippen LogP contribution in [-0.2, 0) is 25.5 Å². The van der Waals surface area contributed by atoms with Crippen molar-refractivity contribution in [3.63, 3.8) is 0 Å². The number of benzene rings is 1. The van der Waals surface area contributed by atoms with E-state index in [0.29, 0.717) is 24.2 Å². The van der Waals surface area contributed by atoms with Gasteiger partial charge in [0.05, 0.1) is 0 Å². The molecule has 0 aliphatic heterocycles. The van der Waals surface area contributed by atoms with E-state index in [1.54, 1.807) is 0 Å². The number of rotatable bonds is 7. The number of carbonyl (C=O) groups is 2. The first kappa shape index (κ1) is 20.4. The first-order valence-corrected chi connectivity index (χ1v) is 10.3. The zero-order valence-electron chi connectivity index (χ0n) is 17.1. The van der Waals surface area contributed by atoms with Gasteiger partial charge in [-0.05, 0) is 48.6 Å². The third-order valence-electron chi connectivity index (χ3n) is 5.87. The predicted octanol–water partition coefficient (Wildman–Crippen LogP) is 4.65. The first-order valence-electron chi connectivity index (χ1n) is 10.3. The molecule has 0 unspecified atom stereocenters. The van der Waals surface area contributed by atoms with Crippen LogP contribution in [0.25, 0.3) is 10.9 Å². The molecule has 3 rings (SSSR count). The second-order valence-corrected chi connectivity index (χ2v) is 8.37. The molecule has 0 bridgehead atoms. The number of aromatic nitrogens is 1. The van der Waals surface area contributed by atoms with Gasteiger partial charge in [-0.3, -0.25) is 4.79 Å². The average Bonchev–Trinajstić information content (AvgIpc) is 3.08. The van der Waals surface area contributed by atoms with Gasteiger partial charge in [-0.2, -0.15) is 0 Å². The van der Waals surface area contributed by atoms with Crippen LogP contribution in [0, 0.1) is 17.8 Å². The van der Waals surface area contributed by atoms with Crippen LogP contribution in [0.15, 0.2) is 30.5 Å². The Morgan fingerprint density at radius 1 is 1.18 bits per heavy atom. The number of aromatic amines is 1. The Balaban J connectivity index is 1.44. The van der Waals surface area contributed by atoms with Gasteiger partial charge in [-0.15, -0.1) is 0 Å². The Morgan fingerprint density at radius 3 is 2.75 bits per heavy atom. The summed E-state index contributed by atoms with van der Waals surface area (Å²) in [6.07, 6.45) is 5.82. The molecule has 152 valence electrons. The summed E-state index contributed by atoms with van der Waals surface area (Å²) < 4.78 is 10.8. The van der Waals surface area contributed by atoms with Crippen LogP contribution >= 0.6 is 0 Å². The number of para-hydroxylation sites is 1. The minimum atomic E-state index is -0.440. The maximum atomic E-state index is 12.2. The van der Waals surface area contributed by atoms with E-state index in [4.69, 9.17) is 9.47 Å². The van der Waals surface area contributed by atoms with Crippen LogP contribution in [0.1, 0.15) is 52.0 Å². The molecule has 1 aliphatic carbocycles. The van der Waals surface area contributed by atoms with Crippen LogP contribution in [0.5, 0.6) is 0 Å². The Bertz CT molecular complexity index is 810. The summed E-state index contributed by atoms with van der Waals surface area (Å²) in [5.74, 6) is 0.609. The molecule has 0 saturated heterocycles. The minimum absolute atomic E-state index is 0.0684. The number of esters is 2. The quantitative estimate of drug-likeness (QED) is 0.705. The molecule has 5 nitrogen and oxygen atoms in total. The fourth-order valence-corrected chi connectivity index (χ4v) is 4.24. The number of nitrogens with one attached hydrogen (secondary N) is 1. The molecule has 1 fully saturated rings. The lowest BCUT2D eigenvalue weighted by Crippen LogP contribution is -2.36. The second-order valence-electron chi connectivity index (χ2n) is 8.37. The molecule has 5 heteroatoms. The normalized spacial score (nSPS) is 22.4. The van der Waals surface area contributed by atoms with Gasteiger partial charge < -0.3 is 14.5 Å². The summed E-state index contributed by atoms with van der Waals surface area (Å²) in [5, 5.41) is 1.11. The van der Waals surface area contributed by atoms with E-state index in [1.165, 1.54) is 6.42 Å². The van der Waals surface area contributed by atoms with Crippen molar-refractivity contribution in [1.82, 2.24) is 4.98 Å². The highest BCUT2D eigenvalue weighted by Gasteiger charge is 2.33. The highest BCUT2D eigenvalue weighted by atomic mass is 16.6. The van der Waals surface area contributed by atoms with Crippen molar-refractivity contribution in [3.05, 3.63) is 36.0 Å². The van der Waals surface area contributed by atoms with Crippen molar-refractivity contribution in [3.8, 4) is 0 Å². The molecule has 1 aromatic carbocycles. The van der Waals surface area contributed by atoms with Crippen molar-refractivity contribution < 1.29 is 19.1 Å². The SMILES string of the molecule is CC(C)[C@H]1CC[C@@H](C)C[C@@H]1OC(=O)COC(=O)CCc1c[nH]c2ccccc12. The maximum absolute atomic E-state index is 12.2. The molecular formula is C23H31NO4. The van der Waals surface area contributed by atoms with Gasteiger partial charge in [-0.25, -0.2) is 4.79 Å². The standard InChI is InChI=1S/C23H31NO4/c1-15(2)18-10-8-16(3)12-21(18)28-23(26)14-27-22(25)11-9-17-13-24-20-7-5-4-6-19(17)20/h4-7,13,15-16,18,21,24H,8-12,14H2,1-3H3/t16-,18-,21+/m1/s1. The minimum Gasteiger partial charge on any atom is -0.460 e. The fraction of sp³-hybridized carbons (Fsp3) is 0.565. The Kier molecular flexibility index (Phi) is 6.76. The molecule has 1 aromatic heterocycles. The number of carbonyl (C=O) groups excluding carboxylic acids is 2. The van der Waals surface area contributed by atoms with E-state index in [9.17, 15) is 9.59 Å². The molecule has 0 radical (unpaired) electrons. The number of fused-ring (bicyclic) bond motifs is 1. The van der Waals surface area contributed by atoms with Crippen LogP contribution < -0.4 is 0 Å². The average molecular weight is 386 g/mol. The van der Waals surface area contributed by atoms with Crippen LogP contribution in [0.3, 0.4) is 0 Å². The Morgan fingerprint density at radius 2 is 1.96 bits per heavy atom. The Hall–Kier alpha value is -2.30. The summed E-state index contributed by atoms with van der Waals surface area (Å²) in [5.41, 5.74) is 2.13. The van der Waals surface area contributed by atoms with Crippen molar-refractivity contribution in [2.45, 2.75) is 59.0 Å². The zero-order valence-corrected chi connectivity index (χ0v) is 17.1. The second kappa shape index (κ2) is 9.26. The van der Waals surface area contributed by atoms with Crippen molar-refractivity contribution >= 4 is 22.8 Å². The van der Waals surface area contributed by atoms with Gasteiger partial charge in [0.1, 0.15) is 6.10 Å². The monoisotopic (exact) mass is 385 g/mol. The van der Waals surface area contributed by atoms with Gasteiger partial charge >= 0.3 is 11.9 Å². The van der Waals surface area contributed by atoms with E-state index in [2.05, 4.69) is 25.8 Å². The van der Waals surface area contributed by atoms with Crippen molar-refractivity contribution in [2.75, 3.05) is 6.61 Å². The maximum Gasteiger partial charge on any atom is 0.344 e. The van der Waals surface area contributed by atoms with Crippen molar-refractivity contribution in [2.24, 2.45) is 17.8 Å². The molecule has 1 saturated carbocycles. The van der Waals surface area contributed by atoms with Gasteiger partial charge in [0, 0.05) is 23.5 Å². The smallest absolute Gasteiger partial charge is 0.344 e. The van der Waals surface area contributed by atoms with E-state index < -0.39 is 5.97 Å². The van der Waals surface area contributed by atoms with E-state index >= 15 is 0 Å². The number of hydrogen-bond acceptors (Lipinski definition) is 4. The lowest BCUT2D eigenvalue weighted by atomic mass is 9.75. The molecule has 2 aromatic rings. The topological polar surface area (TPSA) is 68.4 Å². The zero-order chi connectivity index (χ0) is 20.1. The first-order chi connectivity index (χ1) is 13.4. The predicted molar refractivity (Wildman–Crippen MR) is 109 cm³/mol. The number of H-pyrrole nitrogens is 1. The van der Waals surface area contributed by atoms with E-state index in [-0.39, 0.29) is 25.1 Å². The molecule has 1 N–H and O–H groups in total. The number of ether oxygens (including phenoxy) is 2. The van der Waals surface area contributed by atoms with Crippen LogP contribution in [-0.4, -0.2) is 29.6 Å². The largest absolute Gasteiger partial charge is 0.460 e.